The second-order valence-corrected chi connectivity index (χ2v) is 5.98. The van der Waals surface area contributed by atoms with E-state index in [1.54, 1.807) is 0 Å². The Hall–Kier alpha value is -1.57. The number of hydrogen-bond donors (Lipinski definition) is 0. The highest BCUT2D eigenvalue weighted by Crippen LogP contribution is 2.41. The van der Waals surface area contributed by atoms with Gasteiger partial charge in [0.05, 0.1) is 5.54 Å². The summed E-state index contributed by atoms with van der Waals surface area (Å²) in [7, 11) is 0. The van der Waals surface area contributed by atoms with Crippen molar-refractivity contribution in [2.45, 2.75) is 46.6 Å². The summed E-state index contributed by atoms with van der Waals surface area (Å²) in [6, 6.07) is 4.00. The van der Waals surface area contributed by atoms with Crippen molar-refractivity contribution in [1.82, 2.24) is 0 Å². The highest BCUT2D eigenvalue weighted by atomic mass is 16.1. The van der Waals surface area contributed by atoms with Gasteiger partial charge in [-0.25, -0.2) is 0 Å². The van der Waals surface area contributed by atoms with E-state index in [1.807, 2.05) is 12.1 Å². The van der Waals surface area contributed by atoms with Crippen molar-refractivity contribution in [2.24, 2.45) is 0 Å². The van der Waals surface area contributed by atoms with E-state index in [0.717, 1.165) is 24.8 Å². The molecule has 1 heterocycles. The molecule has 2 rings (SSSR count). The number of carbonyl (C=O) groups excluding carboxylic acids is 1. The molecule has 0 N–H and O–H groups in total. The minimum absolute atomic E-state index is 0.0283. The molecule has 0 aromatic heterocycles. The normalized spacial score (nSPS) is 16.9. The van der Waals surface area contributed by atoms with E-state index in [-0.39, 0.29) is 5.54 Å². The second-order valence-electron chi connectivity index (χ2n) is 5.98. The fourth-order valence-electron chi connectivity index (χ4n) is 3.13. The van der Waals surface area contributed by atoms with Crippen LogP contribution in [0, 0.1) is 6.92 Å². The molecule has 2 heteroatoms. The zero-order chi connectivity index (χ0) is 14.2. The predicted molar refractivity (Wildman–Crippen MR) is 81.9 cm³/mol. The molecule has 1 aliphatic heterocycles. The molecule has 19 heavy (non-hydrogen) atoms. The summed E-state index contributed by atoms with van der Waals surface area (Å²) in [4.78, 5) is 13.5. The number of hydrogen-bond acceptors (Lipinski definition) is 2. The lowest BCUT2D eigenvalue weighted by atomic mass is 9.86. The van der Waals surface area contributed by atoms with Gasteiger partial charge in [-0.3, -0.25) is 4.79 Å². The summed E-state index contributed by atoms with van der Waals surface area (Å²) in [5.74, 6) is 0. The van der Waals surface area contributed by atoms with E-state index in [1.165, 1.54) is 22.4 Å². The van der Waals surface area contributed by atoms with E-state index >= 15 is 0 Å². The quantitative estimate of drug-likeness (QED) is 0.756. The Labute approximate surface area is 116 Å². The molecule has 0 atom stereocenters. The maximum Gasteiger partial charge on any atom is 0.150 e. The third-order valence-electron chi connectivity index (χ3n) is 3.87. The van der Waals surface area contributed by atoms with Gasteiger partial charge in [-0.15, -0.1) is 0 Å². The Kier molecular flexibility index (Phi) is 3.53. The molecular formula is C17H23NO. The molecule has 0 bridgehead atoms. The summed E-state index contributed by atoms with van der Waals surface area (Å²) in [6.45, 7) is 12.0. The first-order chi connectivity index (χ1) is 8.90. The minimum Gasteiger partial charge on any atom is -0.362 e. The van der Waals surface area contributed by atoms with Crippen molar-refractivity contribution in [3.05, 3.63) is 34.9 Å². The zero-order valence-electron chi connectivity index (χ0n) is 12.6. The van der Waals surface area contributed by atoms with Crippen LogP contribution in [0.3, 0.4) is 0 Å². The topological polar surface area (TPSA) is 20.3 Å². The van der Waals surface area contributed by atoms with Crippen molar-refractivity contribution >= 4 is 17.5 Å². The highest BCUT2D eigenvalue weighted by molar-refractivity contribution is 5.88. The Morgan fingerprint density at radius 2 is 1.95 bits per heavy atom. The van der Waals surface area contributed by atoms with Crippen LogP contribution in [0.15, 0.2) is 18.2 Å². The molecule has 1 aromatic carbocycles. The number of nitrogens with zero attached hydrogens (tertiary/aromatic N) is 1. The maximum absolute atomic E-state index is 11.1. The van der Waals surface area contributed by atoms with Gasteiger partial charge in [0, 0.05) is 23.4 Å². The molecule has 0 saturated carbocycles. The van der Waals surface area contributed by atoms with E-state index < -0.39 is 0 Å². The second kappa shape index (κ2) is 4.84. The summed E-state index contributed by atoms with van der Waals surface area (Å²) in [5, 5.41) is 0. The molecule has 102 valence electrons. The van der Waals surface area contributed by atoms with Gasteiger partial charge in [-0.2, -0.15) is 0 Å². The molecule has 0 amide bonds. The molecule has 0 spiro atoms. The first kappa shape index (κ1) is 13.9. The number of fused-ring (bicyclic) bond motifs is 1. The first-order valence-electron chi connectivity index (χ1n) is 6.98. The summed E-state index contributed by atoms with van der Waals surface area (Å²) in [6.07, 6.45) is 4.36. The number of anilines is 1. The number of rotatable bonds is 3. The monoisotopic (exact) mass is 257 g/mol. The molecule has 2 nitrogen and oxygen atoms in total. The summed E-state index contributed by atoms with van der Waals surface area (Å²) >= 11 is 0. The standard InChI is InChI=1S/C17H23NO/c1-6-7-18-16-12(2)8-14(11-19)9-15(16)13(3)10-17(18,4)5/h8-11H,6-7H2,1-5H3. The SMILES string of the molecule is CCCN1c2c(C)cc(C=O)cc2C(C)=CC1(C)C. The fourth-order valence-corrected chi connectivity index (χ4v) is 3.13. The van der Waals surface area contributed by atoms with Crippen LogP contribution >= 0.6 is 0 Å². The van der Waals surface area contributed by atoms with Gasteiger partial charge >= 0.3 is 0 Å². The van der Waals surface area contributed by atoms with Gasteiger partial charge in [-0.1, -0.05) is 13.0 Å². The van der Waals surface area contributed by atoms with Crippen molar-refractivity contribution in [1.29, 1.82) is 0 Å². The van der Waals surface area contributed by atoms with E-state index in [9.17, 15) is 4.79 Å². The molecule has 0 fully saturated rings. The van der Waals surface area contributed by atoms with Gasteiger partial charge in [-0.05, 0) is 57.4 Å². The average molecular weight is 257 g/mol. The number of allylic oxidation sites excluding steroid dienone is 1. The van der Waals surface area contributed by atoms with Crippen molar-refractivity contribution in [3.8, 4) is 0 Å². The van der Waals surface area contributed by atoms with Crippen LogP contribution in [0.2, 0.25) is 0 Å². The molecule has 0 unspecified atom stereocenters. The van der Waals surface area contributed by atoms with Crippen LogP contribution < -0.4 is 4.90 Å². The minimum atomic E-state index is 0.0283. The largest absolute Gasteiger partial charge is 0.362 e. The third-order valence-corrected chi connectivity index (χ3v) is 3.87. The van der Waals surface area contributed by atoms with Crippen LogP contribution in [-0.2, 0) is 0 Å². The number of aryl methyl sites for hydroxylation is 1. The highest BCUT2D eigenvalue weighted by Gasteiger charge is 2.31. The Bertz CT molecular complexity index is 540. The smallest absolute Gasteiger partial charge is 0.150 e. The summed E-state index contributed by atoms with van der Waals surface area (Å²) < 4.78 is 0. The number of benzene rings is 1. The van der Waals surface area contributed by atoms with Gasteiger partial charge in [0.25, 0.3) is 0 Å². The van der Waals surface area contributed by atoms with Crippen molar-refractivity contribution in [3.63, 3.8) is 0 Å². The molecular weight excluding hydrogens is 234 g/mol. The van der Waals surface area contributed by atoms with E-state index in [2.05, 4.69) is 45.6 Å². The fraction of sp³-hybridized carbons (Fsp3) is 0.471. The lowest BCUT2D eigenvalue weighted by Gasteiger charge is -2.44. The molecule has 1 aliphatic rings. The lowest BCUT2D eigenvalue weighted by Crippen LogP contribution is -2.46. The maximum atomic E-state index is 11.1. The van der Waals surface area contributed by atoms with Crippen LogP contribution in [0.5, 0.6) is 0 Å². The van der Waals surface area contributed by atoms with E-state index in [4.69, 9.17) is 0 Å². The average Bonchev–Trinajstić information content (AvgIpc) is 2.33. The number of carbonyl (C=O) groups is 1. The first-order valence-corrected chi connectivity index (χ1v) is 6.98. The molecule has 1 aromatic rings. The Balaban J connectivity index is 2.68. The zero-order valence-corrected chi connectivity index (χ0v) is 12.6. The van der Waals surface area contributed by atoms with Gasteiger partial charge in [0.15, 0.2) is 0 Å². The van der Waals surface area contributed by atoms with Gasteiger partial charge < -0.3 is 4.90 Å². The Morgan fingerprint density at radius 1 is 1.26 bits per heavy atom. The molecule has 0 radical (unpaired) electrons. The van der Waals surface area contributed by atoms with Gasteiger partial charge in [0.1, 0.15) is 6.29 Å². The molecule has 0 aliphatic carbocycles. The summed E-state index contributed by atoms with van der Waals surface area (Å²) in [5.41, 5.74) is 5.74. The van der Waals surface area contributed by atoms with Crippen LogP contribution in [0.4, 0.5) is 5.69 Å². The van der Waals surface area contributed by atoms with Crippen LogP contribution in [0.25, 0.3) is 5.57 Å². The number of aldehydes is 1. The van der Waals surface area contributed by atoms with Crippen LogP contribution in [0.1, 0.15) is 55.6 Å². The van der Waals surface area contributed by atoms with Crippen molar-refractivity contribution < 1.29 is 4.79 Å². The van der Waals surface area contributed by atoms with E-state index in [0.29, 0.717) is 0 Å². The lowest BCUT2D eigenvalue weighted by molar-refractivity contribution is 0.112. The van der Waals surface area contributed by atoms with Crippen LogP contribution in [-0.4, -0.2) is 18.4 Å². The Morgan fingerprint density at radius 3 is 2.53 bits per heavy atom. The van der Waals surface area contributed by atoms with Crippen molar-refractivity contribution in [2.75, 3.05) is 11.4 Å². The van der Waals surface area contributed by atoms with Gasteiger partial charge in [0.2, 0.25) is 0 Å². The third kappa shape index (κ3) is 2.32. The predicted octanol–water partition coefficient (Wildman–Crippen LogP) is 4.22. The molecule has 0 saturated heterocycles.